The quantitative estimate of drug-likeness (QED) is 0.0132. The summed E-state index contributed by atoms with van der Waals surface area (Å²) in [6.45, 7) is 8.18. The fourth-order valence-corrected chi connectivity index (χ4v) is 14.9. The van der Waals surface area contributed by atoms with E-state index in [-0.39, 0.29) is 40.1 Å². The summed E-state index contributed by atoms with van der Waals surface area (Å²) < 4.78 is 204. The first-order valence-corrected chi connectivity index (χ1v) is 34.6. The van der Waals surface area contributed by atoms with E-state index in [2.05, 4.69) is 39.9 Å². The van der Waals surface area contributed by atoms with Crippen molar-refractivity contribution in [1.29, 1.82) is 0 Å². The Morgan fingerprint density at radius 3 is 0.730 bits per heavy atom. The fourth-order valence-electron chi connectivity index (χ4n) is 10.9. The third kappa shape index (κ3) is 15.1. The fraction of sp³-hybridized carbons (Fsp3) is 0.500. The van der Waals surface area contributed by atoms with Gasteiger partial charge in [0, 0.05) is 44.1 Å². The predicted molar refractivity (Wildman–Crippen MR) is 330 cm³/mol. The van der Waals surface area contributed by atoms with Crippen molar-refractivity contribution in [2.75, 3.05) is 23.0 Å². The minimum absolute atomic E-state index is 0. The molecule has 5 heterocycles. The van der Waals surface area contributed by atoms with Crippen LogP contribution in [-0.4, -0.2) is 52.9 Å². The van der Waals surface area contributed by atoms with Crippen molar-refractivity contribution in [2.24, 2.45) is 0 Å². The molecule has 0 spiro atoms. The number of aromatic nitrogens is 8. The van der Waals surface area contributed by atoms with Gasteiger partial charge in [-0.15, -0.1) is 47.0 Å². The molecular formula is C64H68CuF12N8S4. The Morgan fingerprint density at radius 2 is 0.461 bits per heavy atom. The van der Waals surface area contributed by atoms with Gasteiger partial charge in [0.25, 0.3) is 0 Å². The van der Waals surface area contributed by atoms with Crippen LogP contribution in [0.15, 0.2) is 19.6 Å². The van der Waals surface area contributed by atoms with E-state index in [0.29, 0.717) is 98.4 Å². The van der Waals surface area contributed by atoms with Gasteiger partial charge in [-0.2, -0.15) is 0 Å². The Balaban J connectivity index is 0.0000102. The first-order chi connectivity index (χ1) is 42.6. The minimum Gasteiger partial charge on any atom is -0.357 e. The van der Waals surface area contributed by atoms with Crippen molar-refractivity contribution in [3.63, 3.8) is 0 Å². The standard InChI is InChI=1S/C64H68F12N8S4.Cu/c1-5-9-13-17-21-25-29-85-53-45(69)37-33(41(65)49(53)73)57-77-61(37)81-58-34-38(46(70)54(50(74)42(34)66)86-30-26-22-18-14-10-6-2)63(78-58)83-60-36-40(48(72)56(52(76)44(36)68)88-32-28-24-20-16-12-8-4)64(80-60)84-59-35-39(62(79-59)82-57)47(71)55(51(75)43(35)67)87-31-27-23-19-15-11-7-3;/h5-32H2,1-4H3;/q-2;+2. The monoisotopic (exact) mass is 1370 g/mol. The van der Waals surface area contributed by atoms with Crippen LogP contribution in [0.1, 0.15) is 182 Å². The Labute approximate surface area is 537 Å². The van der Waals surface area contributed by atoms with Crippen LogP contribution in [0.3, 0.4) is 0 Å². The number of hydrogen-bond acceptors (Lipinski definition) is 10. The molecule has 0 fully saturated rings. The number of nitrogens with zero attached hydrogens (tertiary/aromatic N) is 8. The largest absolute Gasteiger partial charge is 2.00 e. The van der Waals surface area contributed by atoms with E-state index in [4.69, 9.17) is 0 Å². The molecule has 7 aromatic rings. The minimum atomic E-state index is -1.75. The molecule has 2 aliphatic heterocycles. The van der Waals surface area contributed by atoms with Crippen LogP contribution in [0.5, 0.6) is 0 Å². The molecule has 0 aliphatic carbocycles. The van der Waals surface area contributed by atoms with E-state index in [0.717, 1.165) is 103 Å². The molecule has 0 saturated heterocycles. The normalized spacial score (nSPS) is 12.0. The molecule has 0 unspecified atom stereocenters. The van der Waals surface area contributed by atoms with Gasteiger partial charge in [-0.25, -0.2) is 62.7 Å². The van der Waals surface area contributed by atoms with E-state index in [1.54, 1.807) is 0 Å². The number of rotatable bonds is 32. The van der Waals surface area contributed by atoms with Crippen LogP contribution in [0.25, 0.3) is 89.7 Å². The maximum absolute atomic E-state index is 17.4. The first-order valence-electron chi connectivity index (χ1n) is 30.6. The van der Waals surface area contributed by atoms with Crippen molar-refractivity contribution in [3.05, 3.63) is 69.8 Å². The van der Waals surface area contributed by atoms with Crippen molar-refractivity contribution >= 4 is 91.2 Å². The summed E-state index contributed by atoms with van der Waals surface area (Å²) in [5.41, 5.74) is -7.72. The summed E-state index contributed by atoms with van der Waals surface area (Å²) in [6.07, 6.45) is 19.5. The Kier molecular flexibility index (Phi) is 25.8. The molecule has 25 heteroatoms. The molecule has 3 aromatic heterocycles. The van der Waals surface area contributed by atoms with Crippen LogP contribution in [0.4, 0.5) is 52.7 Å². The molecule has 8 nitrogen and oxygen atoms in total. The second-order valence-corrected chi connectivity index (χ2v) is 26.5. The summed E-state index contributed by atoms with van der Waals surface area (Å²) in [5, 5.41) is -3.89. The number of thioether (sulfide) groups is 4. The summed E-state index contributed by atoms with van der Waals surface area (Å²) in [5.74, 6) is -22.9. The molecule has 89 heavy (non-hydrogen) atoms. The van der Waals surface area contributed by atoms with E-state index in [9.17, 15) is 0 Å². The van der Waals surface area contributed by atoms with Gasteiger partial charge in [0.2, 0.25) is 0 Å². The van der Waals surface area contributed by atoms with E-state index < -0.39 is 179 Å². The van der Waals surface area contributed by atoms with Crippen LogP contribution in [0.2, 0.25) is 0 Å². The molecule has 2 aliphatic rings. The number of fused-ring (bicyclic) bond motifs is 20. The van der Waals surface area contributed by atoms with Crippen LogP contribution < -0.4 is 9.97 Å². The van der Waals surface area contributed by atoms with Crippen LogP contribution in [0, 0.1) is 69.8 Å². The van der Waals surface area contributed by atoms with Crippen molar-refractivity contribution in [2.45, 2.75) is 201 Å². The van der Waals surface area contributed by atoms with Crippen LogP contribution >= 0.6 is 47.0 Å². The third-order valence-corrected chi connectivity index (χ3v) is 20.1. The maximum atomic E-state index is 17.4. The molecule has 1 radical (unpaired) electrons. The Hall–Kier alpha value is -4.68. The van der Waals surface area contributed by atoms with Gasteiger partial charge in [0.05, 0.1) is 65.1 Å². The summed E-state index contributed by atoms with van der Waals surface area (Å²) in [4.78, 5) is 30.8. The van der Waals surface area contributed by atoms with E-state index in [1.165, 1.54) is 0 Å². The zero-order valence-corrected chi connectivity index (χ0v) is 54.1. The SMILES string of the molecule is CCCCCCCCSc1c(F)c(F)c2c(c1F)-c1nc-2nc2[n-]c(nc3nc(nc4[n-]c(n1)c1c(F)c(F)c(SCCCCCCCC)c(F)c41)-c1c(F)c(F)c(SCCCCCCCC)c(F)c1-3)c1c(F)c(F)c(SCCCCCCCC)c(F)c21.[Cu+2]. The Morgan fingerprint density at radius 1 is 0.247 bits per heavy atom. The summed E-state index contributed by atoms with van der Waals surface area (Å²) in [7, 11) is 0. The van der Waals surface area contributed by atoms with Gasteiger partial charge in [0.15, 0.2) is 46.5 Å². The van der Waals surface area contributed by atoms with Gasteiger partial charge in [-0.3, -0.25) is 0 Å². The second kappa shape index (κ2) is 32.7. The van der Waals surface area contributed by atoms with Gasteiger partial charge in [-0.1, -0.05) is 156 Å². The smallest absolute Gasteiger partial charge is 0.357 e. The zero-order chi connectivity index (χ0) is 62.8. The first kappa shape index (κ1) is 70.2. The van der Waals surface area contributed by atoms with Gasteiger partial charge in [0.1, 0.15) is 23.3 Å². The van der Waals surface area contributed by atoms with Gasteiger partial charge < -0.3 is 29.9 Å². The molecule has 483 valence electrons. The number of benzene rings is 4. The van der Waals surface area contributed by atoms with Crippen molar-refractivity contribution in [1.82, 2.24) is 39.9 Å². The number of halogens is 12. The predicted octanol–water partition coefficient (Wildman–Crippen LogP) is 21.6. The Bertz CT molecular complexity index is 3620. The molecule has 9 rings (SSSR count). The van der Waals surface area contributed by atoms with E-state index in [1.807, 2.05) is 27.7 Å². The average molecular weight is 1370 g/mol. The average Bonchev–Trinajstić information content (AvgIpc) is 1.71. The van der Waals surface area contributed by atoms with Crippen molar-refractivity contribution in [3.8, 4) is 45.6 Å². The molecule has 0 amide bonds. The molecule has 0 saturated carbocycles. The van der Waals surface area contributed by atoms with Crippen LogP contribution in [-0.2, 0) is 17.1 Å². The summed E-state index contributed by atoms with van der Waals surface area (Å²) in [6, 6.07) is 0. The molecule has 4 aromatic carbocycles. The second-order valence-electron chi connectivity index (χ2n) is 22.0. The molecule has 8 bridgehead atoms. The zero-order valence-electron chi connectivity index (χ0n) is 49.8. The molecular weight excluding hydrogens is 1300 g/mol. The van der Waals surface area contributed by atoms with Gasteiger partial charge >= 0.3 is 17.1 Å². The number of unbranched alkanes of at least 4 members (excludes halogenated alkanes) is 20. The van der Waals surface area contributed by atoms with Gasteiger partial charge in [-0.05, 0) is 48.7 Å². The molecule has 0 atom stereocenters. The third-order valence-electron chi connectivity index (χ3n) is 15.6. The summed E-state index contributed by atoms with van der Waals surface area (Å²) >= 11 is 2.56. The molecule has 0 N–H and O–H groups in total. The van der Waals surface area contributed by atoms with Crippen molar-refractivity contribution < 1.29 is 69.8 Å². The number of hydrogen-bond donors (Lipinski definition) is 0. The topological polar surface area (TPSA) is 106 Å². The van der Waals surface area contributed by atoms with E-state index >= 15 is 52.7 Å². The maximum Gasteiger partial charge on any atom is 2.00 e.